The molecule has 1 aromatic heterocycles. The van der Waals surface area contributed by atoms with Crippen LogP contribution in [0.1, 0.15) is 10.4 Å². The smallest absolute Gasteiger partial charge is 0.176 e. The number of ketones is 1. The molecule has 0 bridgehead atoms. The number of methoxy groups -OCH3 is 3. The van der Waals surface area contributed by atoms with Crippen LogP contribution in [0.15, 0.2) is 41.6 Å². The number of hydrogen-bond donors (Lipinski definition) is 1. The highest BCUT2D eigenvalue weighted by atomic mass is 32.2. The zero-order valence-electron chi connectivity index (χ0n) is 14.2. The minimum absolute atomic E-state index is 0.0393. The number of nitrogens with one attached hydrogen (secondary N) is 1. The Morgan fingerprint density at radius 3 is 2.48 bits per heavy atom. The number of H-pyrrole nitrogens is 1. The predicted octanol–water partition coefficient (Wildman–Crippen LogP) is 3.56. The number of nitrogens with zero attached hydrogens (tertiary/aromatic N) is 1. The average molecular weight is 358 g/mol. The first-order chi connectivity index (χ1) is 12.1. The van der Waals surface area contributed by atoms with E-state index in [4.69, 9.17) is 14.2 Å². The van der Waals surface area contributed by atoms with Crippen molar-refractivity contribution in [2.75, 3.05) is 27.1 Å². The first-order valence-electron chi connectivity index (χ1n) is 7.56. The normalized spacial score (nSPS) is 10.7. The monoisotopic (exact) mass is 358 g/mol. The van der Waals surface area contributed by atoms with E-state index in [9.17, 15) is 4.79 Å². The van der Waals surface area contributed by atoms with Gasteiger partial charge in [0.1, 0.15) is 17.2 Å². The van der Waals surface area contributed by atoms with Gasteiger partial charge in [0.2, 0.25) is 0 Å². The summed E-state index contributed by atoms with van der Waals surface area (Å²) in [5.74, 6) is 2.11. The summed E-state index contributed by atoms with van der Waals surface area (Å²) in [6, 6.07) is 10.8. The Kier molecular flexibility index (Phi) is 5.14. The van der Waals surface area contributed by atoms with Crippen molar-refractivity contribution >= 4 is 28.6 Å². The maximum absolute atomic E-state index is 12.5. The number of benzene rings is 2. The van der Waals surface area contributed by atoms with Gasteiger partial charge in [-0.25, -0.2) is 4.98 Å². The van der Waals surface area contributed by atoms with Crippen LogP contribution in [0, 0.1) is 0 Å². The number of hydrogen-bond acceptors (Lipinski definition) is 6. The molecule has 0 amide bonds. The summed E-state index contributed by atoms with van der Waals surface area (Å²) < 4.78 is 15.6. The average Bonchev–Trinajstić information content (AvgIpc) is 3.07. The lowest BCUT2D eigenvalue weighted by molar-refractivity contribution is 0.101. The van der Waals surface area contributed by atoms with Crippen molar-refractivity contribution in [3.8, 4) is 17.2 Å². The first-order valence-corrected chi connectivity index (χ1v) is 8.55. The van der Waals surface area contributed by atoms with Crippen molar-refractivity contribution in [1.29, 1.82) is 0 Å². The molecule has 2 aromatic carbocycles. The summed E-state index contributed by atoms with van der Waals surface area (Å²) in [6.45, 7) is 0. The molecular weight excluding hydrogens is 340 g/mol. The third-order valence-electron chi connectivity index (χ3n) is 3.72. The summed E-state index contributed by atoms with van der Waals surface area (Å²) in [4.78, 5) is 20.2. The van der Waals surface area contributed by atoms with E-state index < -0.39 is 0 Å². The van der Waals surface area contributed by atoms with Gasteiger partial charge in [0.15, 0.2) is 10.9 Å². The van der Waals surface area contributed by atoms with Gasteiger partial charge in [-0.2, -0.15) is 0 Å². The van der Waals surface area contributed by atoms with E-state index in [1.54, 1.807) is 32.4 Å². The van der Waals surface area contributed by atoms with Crippen molar-refractivity contribution in [3.63, 3.8) is 0 Å². The molecule has 6 nitrogen and oxygen atoms in total. The minimum Gasteiger partial charge on any atom is -0.497 e. The Labute approximate surface area is 149 Å². The highest BCUT2D eigenvalue weighted by Gasteiger charge is 2.15. The summed E-state index contributed by atoms with van der Waals surface area (Å²) in [5, 5.41) is 0.684. The van der Waals surface area contributed by atoms with Gasteiger partial charge in [-0.1, -0.05) is 11.8 Å². The van der Waals surface area contributed by atoms with E-state index in [0.717, 1.165) is 16.8 Å². The van der Waals surface area contributed by atoms with Gasteiger partial charge in [-0.3, -0.25) is 4.79 Å². The van der Waals surface area contributed by atoms with Crippen LogP contribution in [0.2, 0.25) is 0 Å². The maximum atomic E-state index is 12.5. The van der Waals surface area contributed by atoms with Gasteiger partial charge in [0.05, 0.1) is 43.7 Å². The molecule has 0 saturated carbocycles. The SMILES string of the molecule is COc1ccc(C(=O)CSc2nc3ccc(OC)cc3[nH]2)c(OC)c1. The first kappa shape index (κ1) is 17.2. The fourth-order valence-electron chi connectivity index (χ4n) is 2.40. The number of carbonyl (C=O) groups excluding carboxylic acids is 1. The van der Waals surface area contributed by atoms with Crippen LogP contribution < -0.4 is 14.2 Å². The number of ether oxygens (including phenoxy) is 3. The fraction of sp³-hybridized carbons (Fsp3) is 0.222. The van der Waals surface area contributed by atoms with Gasteiger partial charge in [-0.05, 0) is 24.3 Å². The van der Waals surface area contributed by atoms with Crippen molar-refractivity contribution in [2.24, 2.45) is 0 Å². The lowest BCUT2D eigenvalue weighted by Crippen LogP contribution is -2.05. The topological polar surface area (TPSA) is 73.4 Å². The quantitative estimate of drug-likeness (QED) is 0.514. The third-order valence-corrected chi connectivity index (χ3v) is 4.59. The molecule has 130 valence electrons. The van der Waals surface area contributed by atoms with E-state index in [1.807, 2.05) is 18.2 Å². The fourth-order valence-corrected chi connectivity index (χ4v) is 3.17. The molecule has 0 atom stereocenters. The molecule has 0 fully saturated rings. The Morgan fingerprint density at radius 1 is 1.04 bits per heavy atom. The van der Waals surface area contributed by atoms with Crippen LogP contribution in [0.4, 0.5) is 0 Å². The molecule has 0 unspecified atom stereocenters. The van der Waals surface area contributed by atoms with E-state index in [2.05, 4.69) is 9.97 Å². The summed E-state index contributed by atoms with van der Waals surface area (Å²) in [7, 11) is 4.72. The zero-order chi connectivity index (χ0) is 17.8. The van der Waals surface area contributed by atoms with Crippen LogP contribution in [0.3, 0.4) is 0 Å². The van der Waals surface area contributed by atoms with Gasteiger partial charge in [0.25, 0.3) is 0 Å². The Hall–Kier alpha value is -2.67. The molecule has 1 N–H and O–H groups in total. The minimum atomic E-state index is -0.0393. The molecule has 25 heavy (non-hydrogen) atoms. The van der Waals surface area contributed by atoms with E-state index in [0.29, 0.717) is 22.2 Å². The molecule has 0 aliphatic heterocycles. The van der Waals surface area contributed by atoms with E-state index in [-0.39, 0.29) is 11.5 Å². The third kappa shape index (κ3) is 3.71. The van der Waals surface area contributed by atoms with E-state index in [1.165, 1.54) is 18.9 Å². The number of carbonyl (C=O) groups is 1. The lowest BCUT2D eigenvalue weighted by atomic mass is 10.1. The van der Waals surface area contributed by atoms with Crippen molar-refractivity contribution in [1.82, 2.24) is 9.97 Å². The van der Waals surface area contributed by atoms with E-state index >= 15 is 0 Å². The van der Waals surface area contributed by atoms with Gasteiger partial charge >= 0.3 is 0 Å². The number of fused-ring (bicyclic) bond motifs is 1. The molecule has 0 radical (unpaired) electrons. The van der Waals surface area contributed by atoms with Crippen LogP contribution >= 0.6 is 11.8 Å². The molecular formula is C18H18N2O4S. The Bertz CT molecular complexity index is 907. The van der Waals surface area contributed by atoms with Gasteiger partial charge < -0.3 is 19.2 Å². The highest BCUT2D eigenvalue weighted by Crippen LogP contribution is 2.28. The summed E-state index contributed by atoms with van der Waals surface area (Å²) in [5.41, 5.74) is 2.22. The number of aromatic nitrogens is 2. The van der Waals surface area contributed by atoms with Crippen LogP contribution in [0.25, 0.3) is 11.0 Å². The Balaban J connectivity index is 1.74. The van der Waals surface area contributed by atoms with Crippen molar-refractivity contribution in [3.05, 3.63) is 42.0 Å². The molecule has 0 spiro atoms. The highest BCUT2D eigenvalue weighted by molar-refractivity contribution is 7.99. The molecule has 3 rings (SSSR count). The largest absolute Gasteiger partial charge is 0.497 e. The second-order valence-corrected chi connectivity index (χ2v) is 6.17. The molecule has 0 saturated heterocycles. The van der Waals surface area contributed by atoms with Crippen molar-refractivity contribution < 1.29 is 19.0 Å². The van der Waals surface area contributed by atoms with Crippen LogP contribution in [0.5, 0.6) is 17.2 Å². The molecule has 0 aliphatic carbocycles. The van der Waals surface area contributed by atoms with Crippen molar-refractivity contribution in [2.45, 2.75) is 5.16 Å². The number of thioether (sulfide) groups is 1. The summed E-state index contributed by atoms with van der Waals surface area (Å²) in [6.07, 6.45) is 0. The molecule has 7 heteroatoms. The molecule has 1 heterocycles. The lowest BCUT2D eigenvalue weighted by Gasteiger charge is -2.09. The van der Waals surface area contributed by atoms with Crippen LogP contribution in [-0.4, -0.2) is 42.8 Å². The Morgan fingerprint density at radius 2 is 1.76 bits per heavy atom. The number of rotatable bonds is 7. The second-order valence-electron chi connectivity index (χ2n) is 5.20. The summed E-state index contributed by atoms with van der Waals surface area (Å²) >= 11 is 1.35. The predicted molar refractivity (Wildman–Crippen MR) is 97.2 cm³/mol. The maximum Gasteiger partial charge on any atom is 0.176 e. The van der Waals surface area contributed by atoms with Gasteiger partial charge in [0, 0.05) is 12.1 Å². The zero-order valence-corrected chi connectivity index (χ0v) is 15.0. The molecule has 3 aromatic rings. The van der Waals surface area contributed by atoms with Gasteiger partial charge in [-0.15, -0.1) is 0 Å². The second kappa shape index (κ2) is 7.48. The number of aromatic amines is 1. The number of imidazole rings is 1. The standard InChI is InChI=1S/C18H18N2O4S/c1-22-11-5-7-14-15(8-11)20-18(19-14)25-10-16(21)13-6-4-12(23-2)9-17(13)24-3/h4-9H,10H2,1-3H3,(H,19,20). The molecule has 0 aliphatic rings. The van der Waals surface area contributed by atoms with Crippen LogP contribution in [-0.2, 0) is 0 Å². The number of Topliss-reactive ketones (excluding diaryl/α,β-unsaturated/α-hetero) is 1.